The minimum atomic E-state index is -1.23. The van der Waals surface area contributed by atoms with E-state index in [-0.39, 0.29) is 26.4 Å². The highest BCUT2D eigenvalue weighted by atomic mass is 35.5. The third-order valence-corrected chi connectivity index (χ3v) is 4.10. The van der Waals surface area contributed by atoms with Crippen molar-refractivity contribution >= 4 is 58.1 Å². The topological polar surface area (TPSA) is 78.4 Å². The van der Waals surface area contributed by atoms with Crippen molar-refractivity contribution < 1.29 is 14.7 Å². The Morgan fingerprint density at radius 1 is 1.16 bits per heavy atom. The maximum atomic E-state index is 12.2. The van der Waals surface area contributed by atoms with Gasteiger partial charge in [0.15, 0.2) is 5.11 Å². The van der Waals surface area contributed by atoms with Gasteiger partial charge < -0.3 is 10.4 Å². The summed E-state index contributed by atoms with van der Waals surface area (Å²) < 4.78 is 0. The zero-order chi connectivity index (χ0) is 18.6. The Balaban J connectivity index is 2.14. The largest absolute Gasteiger partial charge is 0.478 e. The van der Waals surface area contributed by atoms with Crippen LogP contribution in [-0.2, 0) is 6.42 Å². The molecule has 0 saturated carbocycles. The third kappa shape index (κ3) is 4.92. The summed E-state index contributed by atoms with van der Waals surface area (Å²) in [5, 5.41) is 14.6. The molecule has 0 heterocycles. The van der Waals surface area contributed by atoms with Gasteiger partial charge in [-0.05, 0) is 48.5 Å². The number of carboxylic acids is 1. The predicted molar refractivity (Wildman–Crippen MR) is 103 cm³/mol. The van der Waals surface area contributed by atoms with Crippen molar-refractivity contribution in [2.45, 2.75) is 13.3 Å². The fraction of sp³-hybridized carbons (Fsp3) is 0.118. The summed E-state index contributed by atoms with van der Waals surface area (Å²) in [4.78, 5) is 23.5. The van der Waals surface area contributed by atoms with E-state index in [0.29, 0.717) is 5.56 Å². The monoisotopic (exact) mass is 396 g/mol. The van der Waals surface area contributed by atoms with Gasteiger partial charge in [-0.2, -0.15) is 0 Å². The van der Waals surface area contributed by atoms with E-state index in [1.807, 2.05) is 19.1 Å². The summed E-state index contributed by atoms with van der Waals surface area (Å²) in [6, 6.07) is 9.70. The summed E-state index contributed by atoms with van der Waals surface area (Å²) in [5.41, 5.74) is 1.45. The van der Waals surface area contributed by atoms with Crippen LogP contribution in [-0.4, -0.2) is 22.1 Å². The van der Waals surface area contributed by atoms with Crippen LogP contribution in [0.5, 0.6) is 0 Å². The first-order valence-electron chi connectivity index (χ1n) is 7.25. The van der Waals surface area contributed by atoms with Crippen LogP contribution < -0.4 is 10.6 Å². The van der Waals surface area contributed by atoms with Crippen LogP contribution in [0.4, 0.5) is 5.69 Å². The molecule has 0 fully saturated rings. The SMILES string of the molecule is CCc1ccc(C(=O)NC(=S)Nc2c(Cl)cc(Cl)cc2C(=O)O)cc1. The van der Waals surface area contributed by atoms with E-state index in [4.69, 9.17) is 35.4 Å². The molecule has 5 nitrogen and oxygen atoms in total. The van der Waals surface area contributed by atoms with Gasteiger partial charge in [-0.15, -0.1) is 0 Å². The van der Waals surface area contributed by atoms with Gasteiger partial charge in [-0.25, -0.2) is 4.79 Å². The molecular weight excluding hydrogens is 383 g/mol. The van der Waals surface area contributed by atoms with Crippen molar-refractivity contribution in [3.05, 3.63) is 63.1 Å². The van der Waals surface area contributed by atoms with E-state index in [1.54, 1.807) is 12.1 Å². The lowest BCUT2D eigenvalue weighted by Crippen LogP contribution is -2.34. The van der Waals surface area contributed by atoms with Gasteiger partial charge in [0.1, 0.15) is 0 Å². The predicted octanol–water partition coefficient (Wildman–Crippen LogP) is 4.38. The standard InChI is InChI=1S/C17H14Cl2N2O3S/c1-2-9-3-5-10(6-4-9)15(22)21-17(25)20-14-12(16(23)24)7-11(18)8-13(14)19/h3-8H,2H2,1H3,(H,23,24)(H2,20,21,22,25). The molecule has 25 heavy (non-hydrogen) atoms. The Morgan fingerprint density at radius 3 is 2.36 bits per heavy atom. The van der Waals surface area contributed by atoms with E-state index < -0.39 is 11.9 Å². The maximum Gasteiger partial charge on any atom is 0.337 e. The fourth-order valence-corrected chi connectivity index (χ4v) is 2.82. The first kappa shape index (κ1) is 19.2. The van der Waals surface area contributed by atoms with Gasteiger partial charge in [0, 0.05) is 10.6 Å². The van der Waals surface area contributed by atoms with Crippen molar-refractivity contribution in [2.75, 3.05) is 5.32 Å². The number of aryl methyl sites for hydroxylation is 1. The molecule has 130 valence electrons. The molecule has 0 saturated heterocycles. The number of thiocarbonyl (C=S) groups is 1. The number of aromatic carboxylic acids is 1. The number of nitrogens with one attached hydrogen (secondary N) is 2. The van der Waals surface area contributed by atoms with Gasteiger partial charge >= 0.3 is 5.97 Å². The zero-order valence-electron chi connectivity index (χ0n) is 13.1. The highest BCUT2D eigenvalue weighted by Gasteiger charge is 2.17. The Hall–Kier alpha value is -2.15. The number of carbonyl (C=O) groups excluding carboxylic acids is 1. The molecule has 0 aromatic heterocycles. The summed E-state index contributed by atoms with van der Waals surface area (Å²) in [6.07, 6.45) is 0.870. The molecule has 0 spiro atoms. The number of carbonyl (C=O) groups is 2. The number of anilines is 1. The van der Waals surface area contributed by atoms with Gasteiger partial charge in [-0.3, -0.25) is 10.1 Å². The van der Waals surface area contributed by atoms with Crippen molar-refractivity contribution in [1.29, 1.82) is 0 Å². The number of amides is 1. The van der Waals surface area contributed by atoms with Crippen molar-refractivity contribution in [3.8, 4) is 0 Å². The Bertz CT molecular complexity index is 839. The van der Waals surface area contributed by atoms with E-state index in [1.165, 1.54) is 12.1 Å². The molecule has 0 bridgehead atoms. The summed E-state index contributed by atoms with van der Waals surface area (Å²) in [6.45, 7) is 2.02. The van der Waals surface area contributed by atoms with Gasteiger partial charge in [-0.1, -0.05) is 42.3 Å². The Labute approximate surface area is 159 Å². The fourth-order valence-electron chi connectivity index (χ4n) is 2.08. The molecular formula is C17H14Cl2N2O3S. The minimum Gasteiger partial charge on any atom is -0.478 e. The number of hydrogen-bond donors (Lipinski definition) is 3. The van der Waals surface area contributed by atoms with Gasteiger partial charge in [0.2, 0.25) is 0 Å². The Kier molecular flexibility index (Phi) is 6.36. The molecule has 2 aromatic carbocycles. The number of halogens is 2. The number of hydrogen-bond acceptors (Lipinski definition) is 3. The number of rotatable bonds is 4. The minimum absolute atomic E-state index is 0.0604. The number of benzene rings is 2. The van der Waals surface area contributed by atoms with Crippen LogP contribution in [0.1, 0.15) is 33.2 Å². The molecule has 0 unspecified atom stereocenters. The Morgan fingerprint density at radius 2 is 1.80 bits per heavy atom. The molecule has 0 aliphatic carbocycles. The van der Waals surface area contributed by atoms with Crippen LogP contribution in [0.15, 0.2) is 36.4 Å². The van der Waals surface area contributed by atoms with E-state index in [9.17, 15) is 14.7 Å². The molecule has 0 atom stereocenters. The van der Waals surface area contributed by atoms with Crippen molar-refractivity contribution in [3.63, 3.8) is 0 Å². The highest BCUT2D eigenvalue weighted by Crippen LogP contribution is 2.30. The number of carboxylic acid groups (broad SMARTS) is 1. The molecule has 2 aromatic rings. The van der Waals surface area contributed by atoms with Gasteiger partial charge in [0.05, 0.1) is 16.3 Å². The molecule has 8 heteroatoms. The average Bonchev–Trinajstić information content (AvgIpc) is 2.56. The highest BCUT2D eigenvalue weighted by molar-refractivity contribution is 7.80. The molecule has 1 amide bonds. The van der Waals surface area contributed by atoms with Crippen LogP contribution in [0.2, 0.25) is 10.0 Å². The lowest BCUT2D eigenvalue weighted by molar-refractivity contribution is 0.0697. The lowest BCUT2D eigenvalue weighted by atomic mass is 10.1. The summed E-state index contributed by atoms with van der Waals surface area (Å²) in [7, 11) is 0. The van der Waals surface area contributed by atoms with Crippen molar-refractivity contribution in [2.24, 2.45) is 0 Å². The average molecular weight is 397 g/mol. The van der Waals surface area contributed by atoms with Crippen LogP contribution in [0, 0.1) is 0 Å². The zero-order valence-corrected chi connectivity index (χ0v) is 15.4. The summed E-state index contributed by atoms with van der Waals surface area (Å²) >= 11 is 16.9. The smallest absolute Gasteiger partial charge is 0.337 e. The second kappa shape index (κ2) is 8.29. The van der Waals surface area contributed by atoms with Crippen LogP contribution in [0.3, 0.4) is 0 Å². The van der Waals surface area contributed by atoms with Gasteiger partial charge in [0.25, 0.3) is 5.91 Å². The molecule has 3 N–H and O–H groups in total. The second-order valence-electron chi connectivity index (χ2n) is 5.07. The first-order chi connectivity index (χ1) is 11.8. The third-order valence-electron chi connectivity index (χ3n) is 3.38. The molecule has 0 aliphatic heterocycles. The molecule has 0 aliphatic rings. The summed E-state index contributed by atoms with van der Waals surface area (Å²) in [5.74, 6) is -1.64. The quantitative estimate of drug-likeness (QED) is 0.668. The lowest BCUT2D eigenvalue weighted by Gasteiger charge is -2.14. The second-order valence-corrected chi connectivity index (χ2v) is 6.33. The molecule has 0 radical (unpaired) electrons. The van der Waals surface area contributed by atoms with Crippen LogP contribution in [0.25, 0.3) is 0 Å². The molecule has 2 rings (SSSR count). The normalized spacial score (nSPS) is 10.2. The van der Waals surface area contributed by atoms with E-state index in [0.717, 1.165) is 12.0 Å². The van der Waals surface area contributed by atoms with E-state index >= 15 is 0 Å². The van der Waals surface area contributed by atoms with Crippen LogP contribution >= 0.6 is 35.4 Å². The first-order valence-corrected chi connectivity index (χ1v) is 8.41. The van der Waals surface area contributed by atoms with Crippen molar-refractivity contribution in [1.82, 2.24) is 5.32 Å². The van der Waals surface area contributed by atoms with E-state index in [2.05, 4.69) is 10.6 Å². The maximum absolute atomic E-state index is 12.2.